The van der Waals surface area contributed by atoms with Gasteiger partial charge in [-0.05, 0) is 35.4 Å². The lowest BCUT2D eigenvalue weighted by molar-refractivity contribution is 0.301. The first-order valence-electron chi connectivity index (χ1n) is 8.79. The van der Waals surface area contributed by atoms with Crippen LogP contribution in [0.2, 0.25) is 0 Å². The first-order chi connectivity index (χ1) is 13.3. The zero-order chi connectivity index (χ0) is 18.5. The average molecular weight is 356 g/mol. The van der Waals surface area contributed by atoms with Crippen molar-refractivity contribution in [2.24, 2.45) is 0 Å². The summed E-state index contributed by atoms with van der Waals surface area (Å²) in [5.41, 5.74) is 5.04. The number of hydrogen-bond acceptors (Lipinski definition) is 3. The Hall–Kier alpha value is -3.53. The Labute approximate surface area is 158 Å². The van der Waals surface area contributed by atoms with E-state index in [1.54, 1.807) is 7.11 Å². The standard InChI is InChI=1S/C23H20N2O2/c1-26-23-13-6-5-12-21(23)18-10-7-11-20(14-18)27-16-19-15-22(25-24-19)17-8-3-2-4-9-17/h2-15H,16H2,1H3,(H,24,25). The number of H-pyrrole nitrogens is 1. The summed E-state index contributed by atoms with van der Waals surface area (Å²) in [6.45, 7) is 0.401. The molecule has 134 valence electrons. The zero-order valence-corrected chi connectivity index (χ0v) is 15.1. The van der Waals surface area contributed by atoms with Crippen LogP contribution in [0.1, 0.15) is 5.69 Å². The summed E-state index contributed by atoms with van der Waals surface area (Å²) in [5, 5.41) is 7.41. The van der Waals surface area contributed by atoms with E-state index in [1.807, 2.05) is 72.8 Å². The van der Waals surface area contributed by atoms with E-state index in [2.05, 4.69) is 22.3 Å². The summed E-state index contributed by atoms with van der Waals surface area (Å²) in [5.74, 6) is 1.64. The highest BCUT2D eigenvalue weighted by atomic mass is 16.5. The van der Waals surface area contributed by atoms with E-state index < -0.39 is 0 Å². The van der Waals surface area contributed by atoms with Crippen molar-refractivity contribution in [2.75, 3.05) is 7.11 Å². The molecule has 1 aromatic heterocycles. The van der Waals surface area contributed by atoms with Gasteiger partial charge >= 0.3 is 0 Å². The first kappa shape index (κ1) is 16.9. The number of methoxy groups -OCH3 is 1. The Bertz CT molecular complexity index is 1030. The number of para-hydroxylation sites is 1. The molecule has 4 nitrogen and oxygen atoms in total. The second-order valence-corrected chi connectivity index (χ2v) is 6.16. The van der Waals surface area contributed by atoms with Crippen LogP contribution in [0.25, 0.3) is 22.4 Å². The van der Waals surface area contributed by atoms with Gasteiger partial charge in [-0.3, -0.25) is 5.10 Å². The summed E-state index contributed by atoms with van der Waals surface area (Å²) >= 11 is 0. The fourth-order valence-electron chi connectivity index (χ4n) is 3.00. The van der Waals surface area contributed by atoms with E-state index in [-0.39, 0.29) is 0 Å². The second kappa shape index (κ2) is 7.79. The average Bonchev–Trinajstić information content (AvgIpc) is 3.22. The molecule has 4 heteroatoms. The van der Waals surface area contributed by atoms with Gasteiger partial charge in [-0.15, -0.1) is 0 Å². The Morgan fingerprint density at radius 3 is 2.44 bits per heavy atom. The van der Waals surface area contributed by atoms with E-state index in [1.165, 1.54) is 0 Å². The van der Waals surface area contributed by atoms with Crippen molar-refractivity contribution in [3.8, 4) is 33.9 Å². The number of nitrogens with zero attached hydrogens (tertiary/aromatic N) is 1. The summed E-state index contributed by atoms with van der Waals surface area (Å²) < 4.78 is 11.4. The first-order valence-corrected chi connectivity index (χ1v) is 8.79. The van der Waals surface area contributed by atoms with Crippen LogP contribution in [-0.4, -0.2) is 17.3 Å². The third-order valence-corrected chi connectivity index (χ3v) is 4.35. The van der Waals surface area contributed by atoms with Gasteiger partial charge in [0.15, 0.2) is 0 Å². The molecule has 0 amide bonds. The zero-order valence-electron chi connectivity index (χ0n) is 15.1. The van der Waals surface area contributed by atoms with Gasteiger partial charge in [0.05, 0.1) is 12.8 Å². The fourth-order valence-corrected chi connectivity index (χ4v) is 3.00. The molecule has 0 radical (unpaired) electrons. The van der Waals surface area contributed by atoms with Gasteiger partial charge in [0, 0.05) is 5.56 Å². The van der Waals surface area contributed by atoms with Gasteiger partial charge in [0.25, 0.3) is 0 Å². The van der Waals surface area contributed by atoms with Crippen LogP contribution in [0.4, 0.5) is 0 Å². The van der Waals surface area contributed by atoms with Gasteiger partial charge in [-0.1, -0.05) is 60.7 Å². The molecule has 0 saturated carbocycles. The molecule has 0 aliphatic carbocycles. The molecule has 0 unspecified atom stereocenters. The molecule has 0 atom stereocenters. The molecule has 3 aromatic carbocycles. The molecule has 1 N–H and O–H groups in total. The van der Waals surface area contributed by atoms with Crippen LogP contribution < -0.4 is 9.47 Å². The van der Waals surface area contributed by atoms with Gasteiger partial charge in [0.1, 0.15) is 23.8 Å². The molecule has 1 heterocycles. The van der Waals surface area contributed by atoms with Gasteiger partial charge in [-0.25, -0.2) is 0 Å². The van der Waals surface area contributed by atoms with E-state index in [0.717, 1.165) is 39.6 Å². The largest absolute Gasteiger partial charge is 0.496 e. The Morgan fingerprint density at radius 1 is 0.815 bits per heavy atom. The van der Waals surface area contributed by atoms with Crippen LogP contribution >= 0.6 is 0 Å². The topological polar surface area (TPSA) is 47.1 Å². The lowest BCUT2D eigenvalue weighted by Crippen LogP contribution is -1.96. The molecule has 0 bridgehead atoms. The predicted molar refractivity (Wildman–Crippen MR) is 107 cm³/mol. The predicted octanol–water partition coefficient (Wildman–Crippen LogP) is 5.33. The van der Waals surface area contributed by atoms with E-state index in [9.17, 15) is 0 Å². The third kappa shape index (κ3) is 3.85. The molecule has 0 saturated heterocycles. The maximum atomic E-state index is 5.95. The van der Waals surface area contributed by atoms with Crippen molar-refractivity contribution in [1.82, 2.24) is 10.2 Å². The van der Waals surface area contributed by atoms with Crippen molar-refractivity contribution in [2.45, 2.75) is 6.61 Å². The minimum Gasteiger partial charge on any atom is -0.496 e. The lowest BCUT2D eigenvalue weighted by Gasteiger charge is -2.10. The highest BCUT2D eigenvalue weighted by molar-refractivity contribution is 5.71. The molecular formula is C23H20N2O2. The van der Waals surface area contributed by atoms with Crippen molar-refractivity contribution in [3.63, 3.8) is 0 Å². The maximum absolute atomic E-state index is 5.95. The number of nitrogens with one attached hydrogen (secondary N) is 1. The van der Waals surface area contributed by atoms with E-state index in [0.29, 0.717) is 6.61 Å². The van der Waals surface area contributed by atoms with Crippen LogP contribution in [0.3, 0.4) is 0 Å². The molecule has 4 rings (SSSR count). The van der Waals surface area contributed by atoms with Crippen molar-refractivity contribution in [1.29, 1.82) is 0 Å². The SMILES string of the molecule is COc1ccccc1-c1cccc(OCc2cc(-c3ccccc3)[nH]n2)c1. The lowest BCUT2D eigenvalue weighted by atomic mass is 10.0. The molecular weight excluding hydrogens is 336 g/mol. The smallest absolute Gasteiger partial charge is 0.132 e. The van der Waals surface area contributed by atoms with Crippen molar-refractivity contribution < 1.29 is 9.47 Å². The number of hydrogen-bond donors (Lipinski definition) is 1. The van der Waals surface area contributed by atoms with Gasteiger partial charge in [0.2, 0.25) is 0 Å². The fraction of sp³-hybridized carbons (Fsp3) is 0.0870. The van der Waals surface area contributed by atoms with Crippen LogP contribution in [-0.2, 0) is 6.61 Å². The number of aromatic amines is 1. The summed E-state index contributed by atoms with van der Waals surface area (Å²) in [6.07, 6.45) is 0. The number of ether oxygens (including phenoxy) is 2. The van der Waals surface area contributed by atoms with Gasteiger partial charge in [-0.2, -0.15) is 5.10 Å². The summed E-state index contributed by atoms with van der Waals surface area (Å²) in [4.78, 5) is 0. The van der Waals surface area contributed by atoms with Gasteiger partial charge < -0.3 is 9.47 Å². The van der Waals surface area contributed by atoms with Crippen molar-refractivity contribution in [3.05, 3.63) is 90.6 Å². The highest BCUT2D eigenvalue weighted by Crippen LogP contribution is 2.31. The molecule has 0 aliphatic heterocycles. The Balaban J connectivity index is 1.49. The second-order valence-electron chi connectivity index (χ2n) is 6.16. The molecule has 4 aromatic rings. The van der Waals surface area contributed by atoms with E-state index in [4.69, 9.17) is 9.47 Å². The Kier molecular flexibility index (Phi) is 4.88. The number of benzene rings is 3. The highest BCUT2D eigenvalue weighted by Gasteiger charge is 2.07. The Morgan fingerprint density at radius 2 is 1.59 bits per heavy atom. The monoisotopic (exact) mass is 356 g/mol. The normalized spacial score (nSPS) is 10.6. The van der Waals surface area contributed by atoms with Crippen LogP contribution in [0.15, 0.2) is 84.9 Å². The van der Waals surface area contributed by atoms with Crippen molar-refractivity contribution >= 4 is 0 Å². The third-order valence-electron chi connectivity index (χ3n) is 4.35. The maximum Gasteiger partial charge on any atom is 0.132 e. The number of rotatable bonds is 6. The molecule has 0 fully saturated rings. The quantitative estimate of drug-likeness (QED) is 0.508. The summed E-state index contributed by atoms with van der Waals surface area (Å²) in [6, 6.07) is 28.1. The van der Waals surface area contributed by atoms with Crippen LogP contribution in [0.5, 0.6) is 11.5 Å². The molecule has 0 spiro atoms. The number of aromatic nitrogens is 2. The molecule has 0 aliphatic rings. The summed E-state index contributed by atoms with van der Waals surface area (Å²) in [7, 11) is 1.68. The van der Waals surface area contributed by atoms with E-state index >= 15 is 0 Å². The van der Waals surface area contributed by atoms with Crippen LogP contribution in [0, 0.1) is 0 Å². The minimum absolute atomic E-state index is 0.401. The molecule has 27 heavy (non-hydrogen) atoms. The minimum atomic E-state index is 0.401.